The van der Waals surface area contributed by atoms with E-state index in [0.717, 1.165) is 18.2 Å². The largest absolute Gasteiger partial charge is 0.478 e. The Balaban J connectivity index is 1.74. The minimum Gasteiger partial charge on any atom is -0.478 e. The third kappa shape index (κ3) is 1.36. The van der Waals surface area contributed by atoms with Crippen LogP contribution in [0.25, 0.3) is 0 Å². The lowest BCUT2D eigenvalue weighted by molar-refractivity contribution is 0.147. The minimum atomic E-state index is 0.429. The average molecular weight is 195 g/mol. The smallest absolute Gasteiger partial charge is 0.174 e. The molecule has 1 aromatic heterocycles. The van der Waals surface area contributed by atoms with E-state index in [1.165, 1.54) is 24.8 Å². The third-order valence-corrected chi connectivity index (χ3v) is 3.88. The van der Waals surface area contributed by atoms with Gasteiger partial charge in [-0.15, -0.1) is 11.3 Å². The fraction of sp³-hybridized carbons (Fsp3) is 0.600. The van der Waals surface area contributed by atoms with Gasteiger partial charge >= 0.3 is 0 Å². The molecule has 0 aromatic carbocycles. The van der Waals surface area contributed by atoms with Gasteiger partial charge in [-0.2, -0.15) is 0 Å². The van der Waals surface area contributed by atoms with Crippen molar-refractivity contribution in [2.75, 3.05) is 13.1 Å². The summed E-state index contributed by atoms with van der Waals surface area (Å²) in [6.07, 6.45) is 4.30. The zero-order valence-corrected chi connectivity index (χ0v) is 8.32. The van der Waals surface area contributed by atoms with E-state index < -0.39 is 0 Å². The summed E-state index contributed by atoms with van der Waals surface area (Å²) < 4.78 is 5.80. The van der Waals surface area contributed by atoms with Crippen molar-refractivity contribution in [2.24, 2.45) is 0 Å². The molecule has 1 aliphatic carbocycles. The van der Waals surface area contributed by atoms with E-state index in [1.54, 1.807) is 4.88 Å². The number of nitrogens with one attached hydrogen (secondary N) is 1. The zero-order chi connectivity index (χ0) is 8.67. The maximum Gasteiger partial charge on any atom is 0.174 e. The maximum absolute atomic E-state index is 5.80. The van der Waals surface area contributed by atoms with Crippen LogP contribution in [-0.4, -0.2) is 19.2 Å². The van der Waals surface area contributed by atoms with Gasteiger partial charge in [-0.05, 0) is 30.9 Å². The second-order valence-corrected chi connectivity index (χ2v) is 4.86. The van der Waals surface area contributed by atoms with E-state index in [4.69, 9.17) is 4.74 Å². The number of fused-ring (bicyclic) bond motifs is 1. The predicted octanol–water partition coefficient (Wildman–Crippen LogP) is 1.59. The van der Waals surface area contributed by atoms with Crippen molar-refractivity contribution in [2.45, 2.75) is 25.4 Å². The number of hydrogen-bond donors (Lipinski definition) is 1. The summed E-state index contributed by atoms with van der Waals surface area (Å²) >= 11 is 1.85. The summed E-state index contributed by atoms with van der Waals surface area (Å²) in [5, 5.41) is 4.35. The standard InChI is InChI=1S/C10H13NOS/c1-2-7-4-10(13-9(7)3-1)12-8-5-11-6-8/h4,8,11H,1-3,5-6H2. The summed E-state index contributed by atoms with van der Waals surface area (Å²) in [6.45, 7) is 2.03. The van der Waals surface area contributed by atoms with Crippen LogP contribution in [-0.2, 0) is 12.8 Å². The van der Waals surface area contributed by atoms with Crippen molar-refractivity contribution in [1.29, 1.82) is 0 Å². The molecule has 1 fully saturated rings. The second-order valence-electron chi connectivity index (χ2n) is 3.77. The van der Waals surface area contributed by atoms with Crippen LogP contribution in [0.1, 0.15) is 16.9 Å². The summed E-state index contributed by atoms with van der Waals surface area (Å²) in [4.78, 5) is 1.56. The van der Waals surface area contributed by atoms with Crippen LogP contribution in [0.15, 0.2) is 6.07 Å². The molecule has 70 valence electrons. The molecule has 0 amide bonds. The monoisotopic (exact) mass is 195 g/mol. The van der Waals surface area contributed by atoms with E-state index >= 15 is 0 Å². The van der Waals surface area contributed by atoms with Crippen molar-refractivity contribution in [3.8, 4) is 5.06 Å². The van der Waals surface area contributed by atoms with Crippen LogP contribution < -0.4 is 10.1 Å². The van der Waals surface area contributed by atoms with Gasteiger partial charge < -0.3 is 10.1 Å². The number of ether oxygens (including phenoxy) is 1. The lowest BCUT2D eigenvalue weighted by Gasteiger charge is -2.26. The number of thiophene rings is 1. The number of aryl methyl sites for hydroxylation is 2. The summed E-state index contributed by atoms with van der Waals surface area (Å²) in [7, 11) is 0. The molecule has 0 saturated carbocycles. The number of rotatable bonds is 2. The summed E-state index contributed by atoms with van der Waals surface area (Å²) in [5.74, 6) is 0. The first-order valence-corrected chi connectivity index (χ1v) is 5.72. The van der Waals surface area contributed by atoms with E-state index in [0.29, 0.717) is 6.10 Å². The van der Waals surface area contributed by atoms with Crippen LogP contribution in [0.4, 0.5) is 0 Å². The average Bonchev–Trinajstić information content (AvgIpc) is 2.54. The van der Waals surface area contributed by atoms with Gasteiger partial charge in [-0.1, -0.05) is 0 Å². The van der Waals surface area contributed by atoms with E-state index in [2.05, 4.69) is 11.4 Å². The Morgan fingerprint density at radius 2 is 2.31 bits per heavy atom. The van der Waals surface area contributed by atoms with Crippen molar-refractivity contribution >= 4 is 11.3 Å². The molecule has 3 rings (SSSR count). The third-order valence-electron chi connectivity index (χ3n) is 2.75. The molecule has 13 heavy (non-hydrogen) atoms. The Labute approximate surface area is 81.9 Å². The van der Waals surface area contributed by atoms with Crippen LogP contribution >= 0.6 is 11.3 Å². The van der Waals surface area contributed by atoms with Crippen LogP contribution in [0.5, 0.6) is 5.06 Å². The molecule has 2 aliphatic rings. The van der Waals surface area contributed by atoms with Crippen molar-refractivity contribution in [3.05, 3.63) is 16.5 Å². The first kappa shape index (κ1) is 7.83. The first-order chi connectivity index (χ1) is 6.42. The fourth-order valence-corrected chi connectivity index (χ4v) is 3.04. The SMILES string of the molecule is c1c(OC2CNC2)sc2c1CCC2. The highest BCUT2D eigenvalue weighted by Gasteiger charge is 2.21. The fourth-order valence-electron chi connectivity index (χ4n) is 1.87. The summed E-state index contributed by atoms with van der Waals surface area (Å²) in [5.41, 5.74) is 1.53. The van der Waals surface area contributed by atoms with Crippen LogP contribution in [0, 0.1) is 0 Å². The Hall–Kier alpha value is -0.540. The first-order valence-electron chi connectivity index (χ1n) is 4.91. The van der Waals surface area contributed by atoms with E-state index in [-0.39, 0.29) is 0 Å². The van der Waals surface area contributed by atoms with E-state index in [9.17, 15) is 0 Å². The van der Waals surface area contributed by atoms with Gasteiger partial charge in [0.2, 0.25) is 0 Å². The molecular formula is C10H13NOS. The predicted molar refractivity (Wildman–Crippen MR) is 53.6 cm³/mol. The molecule has 0 bridgehead atoms. The topological polar surface area (TPSA) is 21.3 Å². The van der Waals surface area contributed by atoms with Gasteiger partial charge in [0.1, 0.15) is 6.10 Å². The molecule has 1 aliphatic heterocycles. The highest BCUT2D eigenvalue weighted by Crippen LogP contribution is 2.35. The van der Waals surface area contributed by atoms with Gasteiger partial charge in [0.15, 0.2) is 5.06 Å². The molecule has 1 N–H and O–H groups in total. The van der Waals surface area contributed by atoms with Crippen LogP contribution in [0.3, 0.4) is 0 Å². The second kappa shape index (κ2) is 3.00. The molecule has 0 spiro atoms. The molecule has 2 heterocycles. The van der Waals surface area contributed by atoms with Crippen molar-refractivity contribution < 1.29 is 4.74 Å². The lowest BCUT2D eigenvalue weighted by Crippen LogP contribution is -2.50. The van der Waals surface area contributed by atoms with Gasteiger partial charge in [0.25, 0.3) is 0 Å². The molecule has 1 saturated heterocycles. The molecule has 0 radical (unpaired) electrons. The van der Waals surface area contributed by atoms with Crippen molar-refractivity contribution in [3.63, 3.8) is 0 Å². The molecule has 1 aromatic rings. The Bertz CT molecular complexity index is 295. The highest BCUT2D eigenvalue weighted by molar-refractivity contribution is 7.14. The van der Waals surface area contributed by atoms with Gasteiger partial charge in [-0.25, -0.2) is 0 Å². The molecule has 0 atom stereocenters. The lowest BCUT2D eigenvalue weighted by atomic mass is 10.2. The Kier molecular flexibility index (Phi) is 1.80. The van der Waals surface area contributed by atoms with Gasteiger partial charge in [0.05, 0.1) is 0 Å². The normalized spacial score (nSPS) is 21.2. The molecule has 3 heteroatoms. The summed E-state index contributed by atoms with van der Waals surface area (Å²) in [6, 6.07) is 2.24. The molecular weight excluding hydrogens is 182 g/mol. The van der Waals surface area contributed by atoms with E-state index in [1.807, 2.05) is 11.3 Å². The minimum absolute atomic E-state index is 0.429. The van der Waals surface area contributed by atoms with Crippen LogP contribution in [0.2, 0.25) is 0 Å². The highest BCUT2D eigenvalue weighted by atomic mass is 32.1. The van der Waals surface area contributed by atoms with Gasteiger partial charge in [0, 0.05) is 18.0 Å². The van der Waals surface area contributed by atoms with Crippen molar-refractivity contribution in [1.82, 2.24) is 5.32 Å². The Morgan fingerprint density at radius 3 is 3.00 bits per heavy atom. The maximum atomic E-state index is 5.80. The van der Waals surface area contributed by atoms with Gasteiger partial charge in [-0.3, -0.25) is 0 Å². The quantitative estimate of drug-likeness (QED) is 0.773. The Morgan fingerprint density at radius 1 is 1.38 bits per heavy atom. The molecule has 0 unspecified atom stereocenters. The number of hydrogen-bond acceptors (Lipinski definition) is 3. The molecule has 2 nitrogen and oxygen atoms in total. The zero-order valence-electron chi connectivity index (χ0n) is 7.51.